The Morgan fingerprint density at radius 1 is 1.47 bits per heavy atom. The monoisotopic (exact) mass is 231 g/mol. The van der Waals surface area contributed by atoms with Crippen LogP contribution in [0.15, 0.2) is 29.3 Å². The van der Waals surface area contributed by atoms with Gasteiger partial charge in [-0.15, -0.1) is 0 Å². The zero-order valence-corrected chi connectivity index (χ0v) is 10.1. The largest absolute Gasteiger partial charge is 0.316 e. The van der Waals surface area contributed by atoms with E-state index in [-0.39, 0.29) is 12.6 Å². The highest BCUT2D eigenvalue weighted by Crippen LogP contribution is 2.09. The van der Waals surface area contributed by atoms with Crippen molar-refractivity contribution < 1.29 is 5.21 Å². The fourth-order valence-electron chi connectivity index (χ4n) is 1.57. The number of hydrogen-bond acceptors (Lipinski definition) is 4. The lowest BCUT2D eigenvalue weighted by Gasteiger charge is -2.13. The highest BCUT2D eigenvalue weighted by molar-refractivity contribution is 6.04. The van der Waals surface area contributed by atoms with Crippen LogP contribution in [0.4, 0.5) is 0 Å². The third-order valence-corrected chi connectivity index (χ3v) is 2.58. The highest BCUT2D eigenvalue weighted by atomic mass is 16.5. The lowest BCUT2D eigenvalue weighted by Crippen LogP contribution is -2.32. The third-order valence-electron chi connectivity index (χ3n) is 2.58. The Morgan fingerprint density at radius 2 is 2.12 bits per heavy atom. The number of aliphatic imine (C=N–C) groups is 1. The standard InChI is InChI=1S/C13H17N3O/c1-3-11-4-6-12(7-5-11)13(10(2)16-17)15-9-8-14/h4-7,10,16-17H,3,9H2,1-2H3. The van der Waals surface area contributed by atoms with Crippen molar-refractivity contribution in [3.63, 3.8) is 0 Å². The number of benzene rings is 1. The molecule has 90 valence electrons. The molecule has 0 fully saturated rings. The van der Waals surface area contributed by atoms with Crippen molar-refractivity contribution >= 4 is 5.71 Å². The third kappa shape index (κ3) is 3.66. The molecule has 1 aromatic carbocycles. The lowest BCUT2D eigenvalue weighted by atomic mass is 10.0. The molecule has 0 aromatic heterocycles. The summed E-state index contributed by atoms with van der Waals surface area (Å²) in [7, 11) is 0. The SMILES string of the molecule is CCc1ccc(C(=NCC#N)C(C)NO)cc1. The second-order valence-corrected chi connectivity index (χ2v) is 3.76. The van der Waals surface area contributed by atoms with Crippen LogP contribution in [0.2, 0.25) is 0 Å². The Balaban J connectivity index is 3.00. The first-order valence-electron chi connectivity index (χ1n) is 5.63. The molecule has 2 N–H and O–H groups in total. The van der Waals surface area contributed by atoms with Gasteiger partial charge >= 0.3 is 0 Å². The number of nitrogens with one attached hydrogen (secondary N) is 1. The molecule has 1 aromatic rings. The van der Waals surface area contributed by atoms with Crippen molar-refractivity contribution in [2.75, 3.05) is 6.54 Å². The molecule has 0 amide bonds. The number of rotatable bonds is 5. The van der Waals surface area contributed by atoms with Gasteiger partial charge < -0.3 is 5.21 Å². The van der Waals surface area contributed by atoms with Gasteiger partial charge in [0, 0.05) is 0 Å². The summed E-state index contributed by atoms with van der Waals surface area (Å²) in [5.41, 5.74) is 5.02. The van der Waals surface area contributed by atoms with Crippen molar-refractivity contribution in [2.45, 2.75) is 26.3 Å². The van der Waals surface area contributed by atoms with E-state index in [9.17, 15) is 0 Å². The van der Waals surface area contributed by atoms with E-state index in [2.05, 4.69) is 17.4 Å². The molecule has 0 aliphatic rings. The maximum absolute atomic E-state index is 8.95. The minimum Gasteiger partial charge on any atom is -0.316 e. The van der Waals surface area contributed by atoms with Gasteiger partial charge in [0.1, 0.15) is 6.54 Å². The van der Waals surface area contributed by atoms with Crippen molar-refractivity contribution in [3.05, 3.63) is 35.4 Å². The molecule has 0 bridgehead atoms. The van der Waals surface area contributed by atoms with Crippen LogP contribution in [0, 0.1) is 11.3 Å². The Kier molecular flexibility index (Phi) is 5.34. The fourth-order valence-corrected chi connectivity index (χ4v) is 1.57. The Morgan fingerprint density at radius 3 is 2.59 bits per heavy atom. The van der Waals surface area contributed by atoms with Crippen molar-refractivity contribution in [2.24, 2.45) is 4.99 Å². The molecule has 4 heteroatoms. The summed E-state index contributed by atoms with van der Waals surface area (Å²) in [6.07, 6.45) is 0.985. The molecule has 1 atom stereocenters. The Hall–Kier alpha value is -1.70. The van der Waals surface area contributed by atoms with Crippen molar-refractivity contribution in [1.82, 2.24) is 5.48 Å². The highest BCUT2D eigenvalue weighted by Gasteiger charge is 2.11. The lowest BCUT2D eigenvalue weighted by molar-refractivity contribution is 0.155. The van der Waals surface area contributed by atoms with Crippen LogP contribution < -0.4 is 5.48 Å². The van der Waals surface area contributed by atoms with Crippen molar-refractivity contribution in [1.29, 1.82) is 5.26 Å². The summed E-state index contributed by atoms with van der Waals surface area (Å²) in [5, 5.41) is 17.5. The molecule has 0 aliphatic carbocycles. The predicted molar refractivity (Wildman–Crippen MR) is 67.2 cm³/mol. The van der Waals surface area contributed by atoms with E-state index in [1.165, 1.54) is 5.56 Å². The van der Waals surface area contributed by atoms with Crippen LogP contribution >= 0.6 is 0 Å². The van der Waals surface area contributed by atoms with E-state index in [4.69, 9.17) is 10.5 Å². The van der Waals surface area contributed by atoms with Gasteiger partial charge in [0.2, 0.25) is 0 Å². The van der Waals surface area contributed by atoms with Gasteiger partial charge in [0.15, 0.2) is 0 Å². The minimum absolute atomic E-state index is 0.0941. The fraction of sp³-hybridized carbons (Fsp3) is 0.385. The van der Waals surface area contributed by atoms with Gasteiger partial charge in [0.25, 0.3) is 0 Å². The van der Waals surface area contributed by atoms with Crippen LogP contribution in [0.5, 0.6) is 0 Å². The molecule has 1 unspecified atom stereocenters. The van der Waals surface area contributed by atoms with Crippen LogP contribution in [0.25, 0.3) is 0 Å². The molecular formula is C13H17N3O. The van der Waals surface area contributed by atoms with Crippen molar-refractivity contribution in [3.8, 4) is 6.07 Å². The van der Waals surface area contributed by atoms with E-state index in [0.29, 0.717) is 5.71 Å². The normalized spacial score (nSPS) is 13.2. The van der Waals surface area contributed by atoms with E-state index < -0.39 is 0 Å². The van der Waals surface area contributed by atoms with Crippen LogP contribution in [-0.4, -0.2) is 23.5 Å². The van der Waals surface area contributed by atoms with E-state index >= 15 is 0 Å². The van der Waals surface area contributed by atoms with Gasteiger partial charge in [-0.1, -0.05) is 31.2 Å². The first-order chi connectivity index (χ1) is 8.22. The quantitative estimate of drug-likeness (QED) is 0.462. The van der Waals surface area contributed by atoms with E-state index in [0.717, 1.165) is 12.0 Å². The second kappa shape index (κ2) is 6.79. The number of hydroxylamine groups is 1. The van der Waals surface area contributed by atoms with Crippen LogP contribution in [0.1, 0.15) is 25.0 Å². The molecule has 0 radical (unpaired) electrons. The maximum Gasteiger partial charge on any atom is 0.126 e. The van der Waals surface area contributed by atoms with Gasteiger partial charge in [-0.05, 0) is 24.5 Å². The average Bonchev–Trinajstić information content (AvgIpc) is 2.39. The van der Waals surface area contributed by atoms with Crippen LogP contribution in [-0.2, 0) is 6.42 Å². The molecule has 0 saturated heterocycles. The number of nitrogens with zero attached hydrogens (tertiary/aromatic N) is 2. The van der Waals surface area contributed by atoms with Gasteiger partial charge in [-0.2, -0.15) is 10.7 Å². The predicted octanol–water partition coefficient (Wildman–Crippen LogP) is 1.93. The summed E-state index contributed by atoms with van der Waals surface area (Å²) in [6.45, 7) is 3.98. The Labute approximate surface area is 102 Å². The molecule has 0 heterocycles. The van der Waals surface area contributed by atoms with E-state index in [1.807, 2.05) is 30.3 Å². The maximum atomic E-state index is 8.95. The molecule has 4 nitrogen and oxygen atoms in total. The smallest absolute Gasteiger partial charge is 0.126 e. The number of nitriles is 1. The summed E-state index contributed by atoms with van der Waals surface area (Å²) >= 11 is 0. The molecule has 0 spiro atoms. The Bertz CT molecular complexity index is 417. The first kappa shape index (κ1) is 13.4. The minimum atomic E-state index is -0.296. The second-order valence-electron chi connectivity index (χ2n) is 3.76. The van der Waals surface area contributed by atoms with E-state index in [1.54, 1.807) is 6.92 Å². The number of hydrogen-bond donors (Lipinski definition) is 2. The van der Waals surface area contributed by atoms with Crippen LogP contribution in [0.3, 0.4) is 0 Å². The van der Waals surface area contributed by atoms with Gasteiger partial charge in [-0.3, -0.25) is 4.99 Å². The summed E-state index contributed by atoms with van der Waals surface area (Å²) in [6, 6.07) is 9.66. The molecular weight excluding hydrogens is 214 g/mol. The molecule has 0 saturated carbocycles. The summed E-state index contributed by atoms with van der Waals surface area (Å²) in [5.74, 6) is 0. The zero-order valence-electron chi connectivity index (χ0n) is 10.1. The van der Waals surface area contributed by atoms with Gasteiger partial charge in [-0.25, -0.2) is 0 Å². The average molecular weight is 231 g/mol. The summed E-state index contributed by atoms with van der Waals surface area (Å²) in [4.78, 5) is 4.17. The zero-order chi connectivity index (χ0) is 12.7. The topological polar surface area (TPSA) is 68.4 Å². The molecule has 0 aliphatic heterocycles. The van der Waals surface area contributed by atoms with Gasteiger partial charge in [0.05, 0.1) is 17.8 Å². The molecule has 17 heavy (non-hydrogen) atoms. The summed E-state index contributed by atoms with van der Waals surface area (Å²) < 4.78 is 0. The number of aryl methyl sites for hydroxylation is 1. The molecule has 1 rings (SSSR count). The first-order valence-corrected chi connectivity index (χ1v) is 5.63.